The summed E-state index contributed by atoms with van der Waals surface area (Å²) in [6.07, 6.45) is 7.55. The van der Waals surface area contributed by atoms with E-state index in [1.807, 2.05) is 24.9 Å². The minimum absolute atomic E-state index is 0. The van der Waals surface area contributed by atoms with E-state index in [-0.39, 0.29) is 30.0 Å². The predicted octanol–water partition coefficient (Wildman–Crippen LogP) is -1.98. The minimum atomic E-state index is 0. The second-order valence-electron chi connectivity index (χ2n) is 3.54. The van der Waals surface area contributed by atoms with Gasteiger partial charge in [-0.25, -0.2) is 9.36 Å². The third-order valence-corrected chi connectivity index (χ3v) is 2.16. The van der Waals surface area contributed by atoms with Crippen LogP contribution in [0.4, 0.5) is 4.79 Å². The molecule has 15 heavy (non-hydrogen) atoms. The van der Waals surface area contributed by atoms with Crippen LogP contribution in [-0.4, -0.2) is 29.1 Å². The molecule has 0 aromatic carbocycles. The summed E-state index contributed by atoms with van der Waals surface area (Å²) in [4.78, 5) is 13.5. The van der Waals surface area contributed by atoms with E-state index in [9.17, 15) is 4.79 Å². The van der Waals surface area contributed by atoms with Gasteiger partial charge in [0.2, 0.25) is 0 Å². The second kappa shape index (κ2) is 6.81. The third kappa shape index (κ3) is 4.19. The van der Waals surface area contributed by atoms with Crippen LogP contribution in [0.3, 0.4) is 0 Å². The topological polar surface area (TPSA) is 29.1 Å². The fraction of sp³-hybridized carbons (Fsp3) is 0.600. The van der Waals surface area contributed by atoms with Gasteiger partial charge < -0.3 is 28.9 Å². The number of rotatable bonds is 3. The van der Waals surface area contributed by atoms with E-state index in [2.05, 4.69) is 6.92 Å². The van der Waals surface area contributed by atoms with Gasteiger partial charge in [0.05, 0.1) is 7.05 Å². The highest BCUT2D eigenvalue weighted by Gasteiger charge is 2.15. The molecule has 1 heterocycles. The Bertz CT molecular complexity index is 311. The normalized spacial score (nSPS) is 9.53. The molecular weight excluding hydrogens is 305 g/mol. The van der Waals surface area contributed by atoms with Crippen LogP contribution in [0.15, 0.2) is 18.7 Å². The average molecular weight is 323 g/mol. The molecule has 1 amide bonds. The van der Waals surface area contributed by atoms with E-state index in [0.717, 1.165) is 19.4 Å². The molecule has 1 aromatic rings. The van der Waals surface area contributed by atoms with Gasteiger partial charge in [0.15, 0.2) is 0 Å². The van der Waals surface area contributed by atoms with E-state index in [0.29, 0.717) is 0 Å². The molecule has 0 N–H and O–H groups in total. The number of carbonyl (C=O) groups is 1. The Morgan fingerprint density at radius 2 is 2.20 bits per heavy atom. The van der Waals surface area contributed by atoms with E-state index in [1.165, 1.54) is 0 Å². The molecule has 0 aliphatic rings. The maximum Gasteiger partial charge on any atom is 0.415 e. The maximum absolute atomic E-state index is 11.7. The van der Waals surface area contributed by atoms with Gasteiger partial charge in [-0.15, -0.1) is 0 Å². The fourth-order valence-electron chi connectivity index (χ4n) is 1.25. The first kappa shape index (κ1) is 14.4. The SMILES string of the molecule is CCCCN(C)C(=O)n1cc[n+](C)c1.[I-]. The fourth-order valence-corrected chi connectivity index (χ4v) is 1.25. The lowest BCUT2D eigenvalue weighted by molar-refractivity contribution is -0.670. The second-order valence-corrected chi connectivity index (χ2v) is 3.54. The smallest absolute Gasteiger partial charge is 0.415 e. The first-order valence-corrected chi connectivity index (χ1v) is 4.94. The largest absolute Gasteiger partial charge is 1.00 e. The summed E-state index contributed by atoms with van der Waals surface area (Å²) in [5, 5.41) is 0. The number of carbonyl (C=O) groups excluding carboxylic acids is 1. The zero-order valence-electron chi connectivity index (χ0n) is 9.48. The van der Waals surface area contributed by atoms with Crippen LogP contribution in [0.5, 0.6) is 0 Å². The summed E-state index contributed by atoms with van der Waals surface area (Å²) >= 11 is 0. The summed E-state index contributed by atoms with van der Waals surface area (Å²) in [7, 11) is 3.73. The Balaban J connectivity index is 0.00000196. The van der Waals surface area contributed by atoms with Gasteiger partial charge in [-0.05, 0) is 6.42 Å². The molecule has 0 aliphatic carbocycles. The number of aryl methyl sites for hydroxylation is 1. The molecule has 4 nitrogen and oxygen atoms in total. The number of halogens is 1. The zero-order chi connectivity index (χ0) is 10.6. The highest BCUT2D eigenvalue weighted by Crippen LogP contribution is 1.96. The van der Waals surface area contributed by atoms with Gasteiger partial charge in [0.1, 0.15) is 12.4 Å². The summed E-state index contributed by atoms with van der Waals surface area (Å²) in [5.74, 6) is 0. The molecular formula is C10H18IN3O. The van der Waals surface area contributed by atoms with Crippen molar-refractivity contribution in [3.05, 3.63) is 18.7 Å². The van der Waals surface area contributed by atoms with Gasteiger partial charge in [-0.2, -0.15) is 4.57 Å². The molecule has 0 fully saturated rings. The van der Waals surface area contributed by atoms with Crippen molar-refractivity contribution < 1.29 is 33.3 Å². The van der Waals surface area contributed by atoms with Crippen LogP contribution in [-0.2, 0) is 7.05 Å². The van der Waals surface area contributed by atoms with Gasteiger partial charge in [-0.3, -0.25) is 0 Å². The molecule has 1 aromatic heterocycles. The first-order chi connectivity index (χ1) is 6.65. The lowest BCUT2D eigenvalue weighted by atomic mass is 10.3. The van der Waals surface area contributed by atoms with Gasteiger partial charge in [0, 0.05) is 13.6 Å². The Kier molecular flexibility index (Phi) is 6.55. The van der Waals surface area contributed by atoms with Gasteiger partial charge >= 0.3 is 6.03 Å². The molecule has 5 heteroatoms. The van der Waals surface area contributed by atoms with Crippen molar-refractivity contribution in [2.75, 3.05) is 13.6 Å². The van der Waals surface area contributed by atoms with Crippen molar-refractivity contribution in [3.63, 3.8) is 0 Å². The van der Waals surface area contributed by atoms with E-state index < -0.39 is 0 Å². The monoisotopic (exact) mass is 323 g/mol. The number of nitrogens with zero attached hydrogens (tertiary/aromatic N) is 3. The van der Waals surface area contributed by atoms with E-state index in [4.69, 9.17) is 0 Å². The highest BCUT2D eigenvalue weighted by molar-refractivity contribution is 5.76. The summed E-state index contributed by atoms with van der Waals surface area (Å²) in [6, 6.07) is 0.0269. The Morgan fingerprint density at radius 3 is 2.67 bits per heavy atom. The van der Waals surface area contributed by atoms with Crippen molar-refractivity contribution in [1.29, 1.82) is 0 Å². The number of aromatic nitrogens is 2. The number of imidazole rings is 1. The van der Waals surface area contributed by atoms with Crippen LogP contribution in [0.25, 0.3) is 0 Å². The first-order valence-electron chi connectivity index (χ1n) is 4.94. The van der Waals surface area contributed by atoms with Crippen LogP contribution in [0, 0.1) is 0 Å². The lowest BCUT2D eigenvalue weighted by Gasteiger charge is -2.12. The number of unbranched alkanes of at least 4 members (excludes halogenated alkanes) is 1. The molecule has 0 atom stereocenters. The van der Waals surface area contributed by atoms with Gasteiger partial charge in [0.25, 0.3) is 6.33 Å². The van der Waals surface area contributed by atoms with Crippen LogP contribution in [0.1, 0.15) is 19.8 Å². The Hall–Kier alpha value is -0.590. The number of hydrogen-bond donors (Lipinski definition) is 0. The van der Waals surface area contributed by atoms with Crippen LogP contribution in [0.2, 0.25) is 0 Å². The lowest BCUT2D eigenvalue weighted by Crippen LogP contribution is -3.00. The van der Waals surface area contributed by atoms with Crippen molar-refractivity contribution in [3.8, 4) is 0 Å². The molecule has 0 unspecified atom stereocenters. The molecule has 0 radical (unpaired) electrons. The summed E-state index contributed by atoms with van der Waals surface area (Å²) in [5.41, 5.74) is 0. The van der Waals surface area contributed by atoms with Gasteiger partial charge in [-0.1, -0.05) is 13.3 Å². The van der Waals surface area contributed by atoms with Crippen molar-refractivity contribution >= 4 is 6.03 Å². The molecule has 0 bridgehead atoms. The molecule has 0 saturated carbocycles. The van der Waals surface area contributed by atoms with Crippen molar-refractivity contribution in [1.82, 2.24) is 9.47 Å². The number of hydrogen-bond acceptors (Lipinski definition) is 1. The third-order valence-electron chi connectivity index (χ3n) is 2.16. The van der Waals surface area contributed by atoms with Crippen LogP contribution >= 0.6 is 0 Å². The summed E-state index contributed by atoms with van der Waals surface area (Å²) < 4.78 is 3.45. The molecule has 1 rings (SSSR count). The minimum Gasteiger partial charge on any atom is -1.00 e. The quantitative estimate of drug-likeness (QED) is 0.468. The van der Waals surface area contributed by atoms with Crippen molar-refractivity contribution in [2.45, 2.75) is 19.8 Å². The highest BCUT2D eigenvalue weighted by atomic mass is 127. The van der Waals surface area contributed by atoms with E-state index in [1.54, 1.807) is 22.0 Å². The Morgan fingerprint density at radius 1 is 1.53 bits per heavy atom. The molecule has 86 valence electrons. The maximum atomic E-state index is 11.7. The molecule has 0 spiro atoms. The molecule has 0 aliphatic heterocycles. The van der Waals surface area contributed by atoms with Crippen LogP contribution < -0.4 is 28.5 Å². The summed E-state index contributed by atoms with van der Waals surface area (Å²) in [6.45, 7) is 2.94. The average Bonchev–Trinajstić information content (AvgIpc) is 2.60. The predicted molar refractivity (Wildman–Crippen MR) is 53.9 cm³/mol. The van der Waals surface area contributed by atoms with E-state index >= 15 is 0 Å². The van der Waals surface area contributed by atoms with Crippen molar-refractivity contribution in [2.24, 2.45) is 7.05 Å². The number of amides is 1. The zero-order valence-corrected chi connectivity index (χ0v) is 11.6. The Labute approximate surface area is 108 Å². The standard InChI is InChI=1S/C10H18N3O.HI/c1-4-5-6-12(3)10(14)13-8-7-11(2)9-13;/h7-9H,4-6H2,1-3H3;1H/q+1;/p-1. The molecule has 0 saturated heterocycles.